The molecule has 1 amide bonds. The maximum Gasteiger partial charge on any atom is 0.234 e. The normalized spacial score (nSPS) is 20.1. The van der Waals surface area contributed by atoms with Crippen LogP contribution in [0.15, 0.2) is 24.3 Å². The summed E-state index contributed by atoms with van der Waals surface area (Å²) < 4.78 is 0. The largest absolute Gasteiger partial charge is 0.395 e. The number of benzene rings is 1. The summed E-state index contributed by atoms with van der Waals surface area (Å²) in [6.45, 7) is 2.60. The second-order valence-electron chi connectivity index (χ2n) is 5.64. The lowest BCUT2D eigenvalue weighted by Crippen LogP contribution is -2.63. The summed E-state index contributed by atoms with van der Waals surface area (Å²) in [5.41, 5.74) is 2.02. The molecule has 0 radical (unpaired) electrons. The summed E-state index contributed by atoms with van der Waals surface area (Å²) in [5, 5.41) is 12.6. The molecule has 0 spiro atoms. The van der Waals surface area contributed by atoms with Crippen molar-refractivity contribution in [2.75, 3.05) is 26.2 Å². The van der Waals surface area contributed by atoms with Gasteiger partial charge in [-0.2, -0.15) is 0 Å². The zero-order valence-electron chi connectivity index (χ0n) is 11.5. The molecule has 2 heterocycles. The molecule has 2 N–H and O–H groups in total. The molecule has 110 valence electrons. The molecule has 0 atom stereocenters. The van der Waals surface area contributed by atoms with E-state index in [1.807, 2.05) is 11.0 Å². The molecule has 1 fully saturated rings. The van der Waals surface area contributed by atoms with Crippen LogP contribution in [0.3, 0.4) is 0 Å². The monoisotopic (exact) mass is 296 g/mol. The minimum atomic E-state index is -0.570. The Balaban J connectivity index is 0.00000147. The van der Waals surface area contributed by atoms with Crippen LogP contribution in [0, 0.1) is 5.41 Å². The van der Waals surface area contributed by atoms with Crippen LogP contribution in [0.4, 0.5) is 0 Å². The highest BCUT2D eigenvalue weighted by atomic mass is 35.5. The van der Waals surface area contributed by atoms with Crippen molar-refractivity contribution in [2.45, 2.75) is 19.4 Å². The minimum Gasteiger partial charge on any atom is -0.395 e. The number of amides is 1. The van der Waals surface area contributed by atoms with Gasteiger partial charge in [-0.15, -0.1) is 12.4 Å². The van der Waals surface area contributed by atoms with Crippen molar-refractivity contribution in [2.24, 2.45) is 5.41 Å². The molecule has 4 nitrogen and oxygen atoms in total. The second-order valence-corrected chi connectivity index (χ2v) is 5.64. The van der Waals surface area contributed by atoms with E-state index in [9.17, 15) is 9.90 Å². The molecular weight excluding hydrogens is 276 g/mol. The number of carbonyl (C=O) groups excluding carboxylic acids is 1. The first-order chi connectivity index (χ1) is 9.25. The smallest absolute Gasteiger partial charge is 0.234 e. The van der Waals surface area contributed by atoms with Crippen LogP contribution < -0.4 is 5.32 Å². The van der Waals surface area contributed by atoms with E-state index in [0.717, 1.165) is 19.4 Å². The molecule has 2 aliphatic heterocycles. The average Bonchev–Trinajstić information content (AvgIpc) is 2.60. The Hall–Kier alpha value is -1.10. The fourth-order valence-electron chi connectivity index (χ4n) is 2.97. The summed E-state index contributed by atoms with van der Waals surface area (Å²) in [6.07, 6.45) is 2.03. The first-order valence-corrected chi connectivity index (χ1v) is 6.93. The van der Waals surface area contributed by atoms with Gasteiger partial charge in [-0.05, 0) is 24.0 Å². The lowest BCUT2D eigenvalue weighted by atomic mass is 9.81. The average molecular weight is 297 g/mol. The van der Waals surface area contributed by atoms with Gasteiger partial charge in [-0.25, -0.2) is 0 Å². The number of aliphatic hydroxyl groups is 1. The molecule has 1 aromatic carbocycles. The second kappa shape index (κ2) is 6.12. The Labute approximate surface area is 125 Å². The van der Waals surface area contributed by atoms with E-state index < -0.39 is 5.41 Å². The summed E-state index contributed by atoms with van der Waals surface area (Å²) >= 11 is 0. The van der Waals surface area contributed by atoms with Crippen molar-refractivity contribution in [3.63, 3.8) is 0 Å². The fraction of sp³-hybridized carbons (Fsp3) is 0.533. The molecule has 0 bridgehead atoms. The maximum absolute atomic E-state index is 12.6. The minimum absolute atomic E-state index is 0. The number of rotatable bonds is 2. The van der Waals surface area contributed by atoms with E-state index >= 15 is 0 Å². The van der Waals surface area contributed by atoms with Crippen molar-refractivity contribution in [3.05, 3.63) is 35.4 Å². The first-order valence-electron chi connectivity index (χ1n) is 6.93. The molecule has 0 aliphatic carbocycles. The Morgan fingerprint density at radius 3 is 2.60 bits per heavy atom. The van der Waals surface area contributed by atoms with Crippen molar-refractivity contribution in [1.82, 2.24) is 10.2 Å². The third kappa shape index (κ3) is 2.55. The van der Waals surface area contributed by atoms with Gasteiger partial charge in [0.05, 0.1) is 12.0 Å². The van der Waals surface area contributed by atoms with E-state index in [2.05, 4.69) is 23.5 Å². The number of nitrogens with one attached hydrogen (secondary N) is 1. The molecule has 2 aliphatic rings. The zero-order chi connectivity index (χ0) is 13.3. The highest BCUT2D eigenvalue weighted by Crippen LogP contribution is 2.28. The Morgan fingerprint density at radius 2 is 2.00 bits per heavy atom. The number of nitrogens with zero attached hydrogens (tertiary/aromatic N) is 1. The van der Waals surface area contributed by atoms with Gasteiger partial charge in [0.2, 0.25) is 5.91 Å². The van der Waals surface area contributed by atoms with Gasteiger partial charge in [0.1, 0.15) is 0 Å². The number of carbonyl (C=O) groups is 1. The summed E-state index contributed by atoms with van der Waals surface area (Å²) in [7, 11) is 0. The Bertz CT molecular complexity index is 483. The van der Waals surface area contributed by atoms with Gasteiger partial charge in [0.15, 0.2) is 0 Å². The molecule has 5 heteroatoms. The molecule has 0 aromatic heterocycles. The quantitative estimate of drug-likeness (QED) is 0.855. The van der Waals surface area contributed by atoms with E-state index in [1.54, 1.807) is 0 Å². The third-order valence-electron chi connectivity index (χ3n) is 4.32. The van der Waals surface area contributed by atoms with Gasteiger partial charge in [-0.3, -0.25) is 4.79 Å². The Kier molecular flexibility index (Phi) is 4.68. The van der Waals surface area contributed by atoms with Crippen LogP contribution >= 0.6 is 12.4 Å². The van der Waals surface area contributed by atoms with Crippen LogP contribution in [-0.2, 0) is 17.8 Å². The van der Waals surface area contributed by atoms with E-state index in [0.29, 0.717) is 19.6 Å². The van der Waals surface area contributed by atoms with Crippen molar-refractivity contribution in [3.8, 4) is 0 Å². The number of aryl methyl sites for hydroxylation is 1. The van der Waals surface area contributed by atoms with Crippen molar-refractivity contribution >= 4 is 18.3 Å². The zero-order valence-corrected chi connectivity index (χ0v) is 12.3. The summed E-state index contributed by atoms with van der Waals surface area (Å²) in [4.78, 5) is 14.5. The van der Waals surface area contributed by atoms with Crippen molar-refractivity contribution < 1.29 is 9.90 Å². The number of halogens is 1. The molecular formula is C15H21ClN2O2. The summed E-state index contributed by atoms with van der Waals surface area (Å²) in [5.74, 6) is 0.102. The lowest BCUT2D eigenvalue weighted by Gasteiger charge is -2.42. The van der Waals surface area contributed by atoms with Crippen LogP contribution in [0.1, 0.15) is 17.5 Å². The van der Waals surface area contributed by atoms with Gasteiger partial charge in [-0.1, -0.05) is 24.3 Å². The van der Waals surface area contributed by atoms with Gasteiger partial charge in [0, 0.05) is 26.2 Å². The number of hydrogen-bond donors (Lipinski definition) is 2. The topological polar surface area (TPSA) is 52.6 Å². The van der Waals surface area contributed by atoms with Gasteiger partial charge in [0.25, 0.3) is 0 Å². The van der Waals surface area contributed by atoms with Crippen LogP contribution in [-0.4, -0.2) is 42.2 Å². The van der Waals surface area contributed by atoms with Crippen LogP contribution in [0.2, 0.25) is 0 Å². The molecule has 0 unspecified atom stereocenters. The van der Waals surface area contributed by atoms with Crippen LogP contribution in [0.25, 0.3) is 0 Å². The number of hydrogen-bond acceptors (Lipinski definition) is 3. The van der Waals surface area contributed by atoms with E-state index in [1.165, 1.54) is 11.1 Å². The van der Waals surface area contributed by atoms with Crippen molar-refractivity contribution in [1.29, 1.82) is 0 Å². The van der Waals surface area contributed by atoms with E-state index in [-0.39, 0.29) is 24.9 Å². The molecule has 3 rings (SSSR count). The first kappa shape index (κ1) is 15.3. The Morgan fingerprint density at radius 1 is 1.30 bits per heavy atom. The molecule has 1 saturated heterocycles. The van der Waals surface area contributed by atoms with Crippen LogP contribution in [0.5, 0.6) is 0 Å². The maximum atomic E-state index is 12.6. The van der Waals surface area contributed by atoms with E-state index in [4.69, 9.17) is 0 Å². The standard InChI is InChI=1S/C15H20N2O2.ClH/c18-11-15(9-16-10-15)14(19)17-7-3-6-12-4-1-2-5-13(12)8-17;/h1-2,4-5,16,18H,3,6-11H2;1H. The SMILES string of the molecule is Cl.O=C(N1CCCc2ccccc2C1)C1(CO)CNC1. The highest BCUT2D eigenvalue weighted by Gasteiger charge is 2.46. The molecule has 20 heavy (non-hydrogen) atoms. The summed E-state index contributed by atoms with van der Waals surface area (Å²) in [6, 6.07) is 8.34. The number of aliphatic hydroxyl groups excluding tert-OH is 1. The molecule has 1 aromatic rings. The predicted octanol–water partition coefficient (Wildman–Crippen LogP) is 0.965. The van der Waals surface area contributed by atoms with Gasteiger partial charge >= 0.3 is 0 Å². The lowest BCUT2D eigenvalue weighted by molar-refractivity contribution is -0.149. The molecule has 0 saturated carbocycles. The van der Waals surface area contributed by atoms with Gasteiger partial charge < -0.3 is 15.3 Å². The third-order valence-corrected chi connectivity index (χ3v) is 4.32. The highest BCUT2D eigenvalue weighted by molar-refractivity contribution is 5.85. The number of fused-ring (bicyclic) bond motifs is 1. The fourth-order valence-corrected chi connectivity index (χ4v) is 2.97. The predicted molar refractivity (Wildman–Crippen MR) is 79.8 cm³/mol.